The van der Waals surface area contributed by atoms with Gasteiger partial charge in [-0.3, -0.25) is 0 Å². The number of rotatable bonds is 0. The van der Waals surface area contributed by atoms with Crippen LogP contribution in [0.5, 0.6) is 0 Å². The Labute approximate surface area is 103 Å². The maximum Gasteiger partial charge on any atom is 2.00 e. The predicted molar refractivity (Wildman–Crippen MR) is 10.8 cm³/mol. The molecule has 0 fully saturated rings. The monoisotopic (exact) mass is 390 g/mol. The summed E-state index contributed by atoms with van der Waals surface area (Å²) in [5.41, 5.74) is 0. The fraction of sp³-hybridized carbons (Fsp3) is 0. The number of carbonyl (C=O) groups excluding carboxylic acids is 2. The van der Waals surface area contributed by atoms with Crippen molar-refractivity contribution in [2.45, 2.75) is 0 Å². The molecule has 0 bridgehead atoms. The van der Waals surface area contributed by atoms with Crippen molar-refractivity contribution in [3.8, 4) is 0 Å². The van der Waals surface area contributed by atoms with Crippen LogP contribution in [0, 0.1) is 0 Å². The molecule has 74 valence electrons. The molecule has 0 radical (unpaired) electrons. The Bertz CT molecular complexity index is 76.6. The summed E-state index contributed by atoms with van der Waals surface area (Å²) in [6.07, 6.45) is -4.67. The molecule has 0 aromatic rings. The van der Waals surface area contributed by atoms with E-state index in [1.54, 1.807) is 0 Å². The molecule has 0 saturated carbocycles. The van der Waals surface area contributed by atoms with Gasteiger partial charge in [0.15, 0.2) is 0 Å². The number of carbonyl (C=O) groups is 2. The molecular weight excluding hydrogens is 392 g/mol. The van der Waals surface area contributed by atoms with Gasteiger partial charge < -0.3 is 30.0 Å². The van der Waals surface area contributed by atoms with Crippen LogP contribution in [0.15, 0.2) is 0 Å². The van der Waals surface area contributed by atoms with E-state index >= 15 is 0 Å². The normalized spacial score (nSPS) is 4.36. The van der Waals surface area contributed by atoms with E-state index in [4.69, 9.17) is 30.0 Å². The topological polar surface area (TPSA) is 126 Å². The van der Waals surface area contributed by atoms with Crippen molar-refractivity contribution >= 4 is 12.3 Å². The maximum absolute atomic E-state index is 8.33. The number of hydrogen-bond acceptors (Lipinski definition) is 6. The molecular formula is C2Ag2FeO6. The van der Waals surface area contributed by atoms with Crippen LogP contribution in [0.4, 0.5) is 9.59 Å². The van der Waals surface area contributed by atoms with E-state index in [2.05, 4.69) is 0 Å². The Morgan fingerprint density at radius 2 is 0.727 bits per heavy atom. The molecule has 0 aromatic heterocycles. The van der Waals surface area contributed by atoms with Crippen molar-refractivity contribution in [2.75, 3.05) is 0 Å². The van der Waals surface area contributed by atoms with E-state index in [0.29, 0.717) is 0 Å². The summed E-state index contributed by atoms with van der Waals surface area (Å²) in [5.74, 6) is 0. The van der Waals surface area contributed by atoms with Crippen molar-refractivity contribution in [3.05, 3.63) is 0 Å². The second kappa shape index (κ2) is 22.4. The Morgan fingerprint density at radius 3 is 0.727 bits per heavy atom. The first-order chi connectivity index (χ1) is 3.46. The summed E-state index contributed by atoms with van der Waals surface area (Å²) in [4.78, 5) is 16.7. The zero-order valence-corrected chi connectivity index (χ0v) is 8.47. The fourth-order valence-corrected chi connectivity index (χ4v) is 0. The van der Waals surface area contributed by atoms with Gasteiger partial charge in [-0.1, -0.05) is 0 Å². The molecule has 11 heavy (non-hydrogen) atoms. The van der Waals surface area contributed by atoms with Crippen LogP contribution in [0.1, 0.15) is 0 Å². The average molecular weight is 392 g/mol. The van der Waals surface area contributed by atoms with Gasteiger partial charge in [-0.05, 0) is 12.3 Å². The van der Waals surface area contributed by atoms with E-state index in [1.807, 2.05) is 0 Å². The summed E-state index contributed by atoms with van der Waals surface area (Å²) < 4.78 is 0. The standard InChI is InChI=1S/2CH2O3.2Ag.Fe/c2*2-1(3)4;;;/h2*(H2,2,3,4);;;/q;;2*+1;+2/p-4. The predicted octanol–water partition coefficient (Wildman–Crippen LogP) is -4.90. The molecule has 0 atom stereocenters. The van der Waals surface area contributed by atoms with Crippen LogP contribution < -0.4 is 20.4 Å². The second-order valence-corrected chi connectivity index (χ2v) is 0.500. The van der Waals surface area contributed by atoms with E-state index in [9.17, 15) is 0 Å². The van der Waals surface area contributed by atoms with Crippen LogP contribution in [0.25, 0.3) is 0 Å². The Balaban J connectivity index is -0.0000000171. The average Bonchev–Trinajstić information content (AvgIpc) is 1.25. The third kappa shape index (κ3) is 2640. The van der Waals surface area contributed by atoms with Gasteiger partial charge in [-0.15, -0.1) is 0 Å². The molecule has 0 aliphatic carbocycles. The van der Waals surface area contributed by atoms with Gasteiger partial charge in [0.25, 0.3) is 0 Å². The van der Waals surface area contributed by atoms with Gasteiger partial charge in [0.2, 0.25) is 0 Å². The quantitative estimate of drug-likeness (QED) is 0.381. The third-order valence-corrected chi connectivity index (χ3v) is 0. The van der Waals surface area contributed by atoms with Gasteiger partial charge in [0.05, 0.1) is 0 Å². The Kier molecular flexibility index (Phi) is 61.1. The molecule has 0 spiro atoms. The molecule has 9 heteroatoms. The van der Waals surface area contributed by atoms with Crippen LogP contribution in [0.2, 0.25) is 0 Å². The number of hydrogen-bond donors (Lipinski definition) is 0. The third-order valence-electron chi connectivity index (χ3n) is 0. The van der Waals surface area contributed by atoms with Gasteiger partial charge in [0.1, 0.15) is 0 Å². The summed E-state index contributed by atoms with van der Waals surface area (Å²) in [5, 5.41) is 33.3. The first kappa shape index (κ1) is 30.0. The Hall–Kier alpha value is 0.540. The smallest absolute Gasteiger partial charge is 0.652 e. The second-order valence-electron chi connectivity index (χ2n) is 0.500. The molecule has 0 unspecified atom stereocenters. The minimum Gasteiger partial charge on any atom is -0.652 e. The Morgan fingerprint density at radius 1 is 0.727 bits per heavy atom. The summed E-state index contributed by atoms with van der Waals surface area (Å²) in [6, 6.07) is 0. The van der Waals surface area contributed by atoms with Gasteiger partial charge >= 0.3 is 61.8 Å². The SMILES string of the molecule is O=C([O-])[O-].O=C([O-])[O-].[Ag+].[Ag+].[Fe+2]. The summed E-state index contributed by atoms with van der Waals surface area (Å²) >= 11 is 0. The molecule has 0 amide bonds. The van der Waals surface area contributed by atoms with Crippen LogP contribution in [-0.2, 0) is 61.8 Å². The van der Waals surface area contributed by atoms with Crippen molar-refractivity contribution in [1.82, 2.24) is 0 Å². The molecule has 0 aliphatic heterocycles. The first-order valence-electron chi connectivity index (χ1n) is 1.22. The van der Waals surface area contributed by atoms with Gasteiger partial charge in [0, 0.05) is 0 Å². The van der Waals surface area contributed by atoms with Gasteiger partial charge in [-0.2, -0.15) is 0 Å². The van der Waals surface area contributed by atoms with Crippen LogP contribution >= 0.6 is 0 Å². The van der Waals surface area contributed by atoms with Gasteiger partial charge in [-0.25, -0.2) is 0 Å². The largest absolute Gasteiger partial charge is 2.00 e. The zero-order valence-electron chi connectivity index (χ0n) is 4.41. The van der Waals surface area contributed by atoms with Crippen LogP contribution in [-0.4, -0.2) is 12.3 Å². The molecule has 0 heterocycles. The summed E-state index contributed by atoms with van der Waals surface area (Å²) in [6.45, 7) is 0. The maximum atomic E-state index is 8.33. The van der Waals surface area contributed by atoms with Crippen LogP contribution in [0.3, 0.4) is 0 Å². The van der Waals surface area contributed by atoms with E-state index < -0.39 is 12.3 Å². The zero-order chi connectivity index (χ0) is 7.15. The van der Waals surface area contributed by atoms with Crippen molar-refractivity contribution in [1.29, 1.82) is 0 Å². The summed E-state index contributed by atoms with van der Waals surface area (Å²) in [7, 11) is 0. The fourth-order valence-electron chi connectivity index (χ4n) is 0. The van der Waals surface area contributed by atoms with Crippen molar-refractivity contribution < 1.29 is 91.8 Å². The molecule has 0 saturated heterocycles. The minimum absolute atomic E-state index is 0. The molecule has 0 aromatic carbocycles. The molecule has 6 nitrogen and oxygen atoms in total. The van der Waals surface area contributed by atoms with E-state index in [1.165, 1.54) is 0 Å². The minimum atomic E-state index is -2.33. The first-order valence-corrected chi connectivity index (χ1v) is 1.22. The van der Waals surface area contributed by atoms with Crippen molar-refractivity contribution in [2.24, 2.45) is 0 Å². The van der Waals surface area contributed by atoms with E-state index in [0.717, 1.165) is 0 Å². The molecule has 0 aliphatic rings. The molecule has 0 N–H and O–H groups in total. The van der Waals surface area contributed by atoms with E-state index in [-0.39, 0.29) is 61.8 Å². The molecule has 0 rings (SSSR count). The number of carboxylic acid groups (broad SMARTS) is 4. The van der Waals surface area contributed by atoms with Crippen molar-refractivity contribution in [3.63, 3.8) is 0 Å².